The average molecular weight is 426 g/mol. The van der Waals surface area contributed by atoms with E-state index in [0.717, 1.165) is 4.90 Å². The lowest BCUT2D eigenvalue weighted by Gasteiger charge is -2.26. The van der Waals surface area contributed by atoms with Gasteiger partial charge in [-0.3, -0.25) is 19.8 Å². The minimum Gasteiger partial charge on any atom is -0.392 e. The van der Waals surface area contributed by atoms with Crippen molar-refractivity contribution < 1.29 is 33.8 Å². The first kappa shape index (κ1) is 22.4. The van der Waals surface area contributed by atoms with E-state index >= 15 is 0 Å². The van der Waals surface area contributed by atoms with Crippen molar-refractivity contribution in [1.29, 1.82) is 0 Å². The fourth-order valence-electron chi connectivity index (χ4n) is 3.41. The summed E-state index contributed by atoms with van der Waals surface area (Å²) in [5.41, 5.74) is -1.58. The van der Waals surface area contributed by atoms with E-state index in [1.54, 1.807) is 34.6 Å². The van der Waals surface area contributed by atoms with Crippen LogP contribution in [-0.2, 0) is 19.1 Å². The van der Waals surface area contributed by atoms with E-state index in [2.05, 4.69) is 5.32 Å². The zero-order chi connectivity index (χ0) is 22.4. The minimum atomic E-state index is -0.849. The second kappa shape index (κ2) is 7.78. The van der Waals surface area contributed by atoms with Crippen molar-refractivity contribution >= 4 is 23.9 Å². The zero-order valence-electron chi connectivity index (χ0n) is 18.0. The molecule has 4 fully saturated rings. The Labute approximate surface area is 175 Å². The van der Waals surface area contributed by atoms with Crippen molar-refractivity contribution in [1.82, 2.24) is 20.0 Å². The molecule has 0 radical (unpaired) electrons. The first-order valence-electron chi connectivity index (χ1n) is 10.0. The Hall–Kier alpha value is -2.24. The number of carbonyl (C=O) groups excluding carboxylic acids is 4. The third-order valence-corrected chi connectivity index (χ3v) is 5.63. The van der Waals surface area contributed by atoms with Gasteiger partial charge in [0, 0.05) is 0 Å². The van der Waals surface area contributed by atoms with Crippen molar-refractivity contribution in [3.05, 3.63) is 0 Å². The molecule has 3 unspecified atom stereocenters. The van der Waals surface area contributed by atoms with Gasteiger partial charge in [0.15, 0.2) is 0 Å². The summed E-state index contributed by atoms with van der Waals surface area (Å²) in [6, 6.07) is -0.651. The van der Waals surface area contributed by atoms with Crippen LogP contribution < -0.4 is 5.32 Å². The second-order valence-electron chi connectivity index (χ2n) is 9.06. The number of amides is 6. The summed E-state index contributed by atoms with van der Waals surface area (Å²) in [4.78, 5) is 51.0. The number of imide groups is 2. The summed E-state index contributed by atoms with van der Waals surface area (Å²) in [6.07, 6.45) is -0.538. The molecule has 4 aliphatic rings. The maximum atomic E-state index is 12.1. The highest BCUT2D eigenvalue weighted by Gasteiger charge is 2.52. The highest BCUT2D eigenvalue weighted by molar-refractivity contribution is 6.07. The van der Waals surface area contributed by atoms with Gasteiger partial charge >= 0.3 is 12.1 Å². The number of urea groups is 2. The molecule has 0 aromatic heterocycles. The van der Waals surface area contributed by atoms with Crippen molar-refractivity contribution in [2.75, 3.05) is 32.8 Å². The molecule has 11 heteroatoms. The fourth-order valence-corrected chi connectivity index (χ4v) is 3.41. The molecule has 0 saturated carbocycles. The molecule has 0 aliphatic carbocycles. The van der Waals surface area contributed by atoms with E-state index in [4.69, 9.17) is 9.47 Å². The van der Waals surface area contributed by atoms with Gasteiger partial charge in [0.05, 0.1) is 51.2 Å². The smallest absolute Gasteiger partial charge is 0.327 e. The van der Waals surface area contributed by atoms with Crippen LogP contribution in [0.3, 0.4) is 0 Å². The van der Waals surface area contributed by atoms with E-state index in [0.29, 0.717) is 26.3 Å². The Morgan fingerprint density at radius 1 is 1.00 bits per heavy atom. The molecule has 0 spiro atoms. The maximum Gasteiger partial charge on any atom is 0.327 e. The Bertz CT molecular complexity index is 743. The highest BCUT2D eigenvalue weighted by Crippen LogP contribution is 2.29. The number of hydrogen-bond donors (Lipinski definition) is 2. The molecule has 2 N–H and O–H groups in total. The quantitative estimate of drug-likeness (QED) is 0.433. The van der Waals surface area contributed by atoms with Gasteiger partial charge in [-0.15, -0.1) is 0 Å². The maximum absolute atomic E-state index is 12.1. The number of aliphatic hydroxyl groups excluding tert-OH is 1. The van der Waals surface area contributed by atoms with Crippen LogP contribution >= 0.6 is 0 Å². The SMILES string of the molecule is CC(O)CN1C(=O)N(CC2CO2)C(C)(C)C1=O.CC1(C)C(=O)NC(=O)N1CC1CO1. The predicted octanol–water partition coefficient (Wildman–Crippen LogP) is -0.476. The third-order valence-electron chi connectivity index (χ3n) is 5.63. The number of aliphatic hydroxyl groups is 1. The van der Waals surface area contributed by atoms with Gasteiger partial charge in [0.1, 0.15) is 11.1 Å². The van der Waals surface area contributed by atoms with Crippen LogP contribution in [0.5, 0.6) is 0 Å². The molecule has 3 atom stereocenters. The van der Waals surface area contributed by atoms with Gasteiger partial charge in [-0.2, -0.15) is 0 Å². The molecular weight excluding hydrogens is 396 g/mol. The van der Waals surface area contributed by atoms with Crippen LogP contribution in [0.1, 0.15) is 34.6 Å². The summed E-state index contributed by atoms with van der Waals surface area (Å²) in [6.45, 7) is 10.8. The topological polar surface area (TPSA) is 135 Å². The van der Waals surface area contributed by atoms with Crippen molar-refractivity contribution in [3.8, 4) is 0 Å². The molecule has 0 aromatic carbocycles. The second-order valence-corrected chi connectivity index (χ2v) is 9.06. The molecule has 30 heavy (non-hydrogen) atoms. The minimum absolute atomic E-state index is 0.0448. The van der Waals surface area contributed by atoms with Gasteiger partial charge in [-0.1, -0.05) is 0 Å². The lowest BCUT2D eigenvalue weighted by Crippen LogP contribution is -2.45. The number of rotatable bonds is 6. The lowest BCUT2D eigenvalue weighted by molar-refractivity contribution is -0.132. The molecule has 0 aromatic rings. The highest BCUT2D eigenvalue weighted by atomic mass is 16.6. The number of ether oxygens (including phenoxy) is 2. The standard InChI is InChI=1S/C11H18N2O4.C8H12N2O3/c1-7(14)4-12-9(15)11(2,3)13(10(12)16)5-8-6-17-8;1-8(2)6(11)9-7(12)10(8)3-5-4-13-5/h7-8,14H,4-6H2,1-3H3;5H,3-4H2,1-2H3,(H,9,11,12). The van der Waals surface area contributed by atoms with E-state index in [1.807, 2.05) is 0 Å². The number of nitrogens with one attached hydrogen (secondary N) is 1. The zero-order valence-corrected chi connectivity index (χ0v) is 18.0. The summed E-state index contributed by atoms with van der Waals surface area (Å²) in [5, 5.41) is 11.6. The molecule has 168 valence electrons. The van der Waals surface area contributed by atoms with Gasteiger partial charge in [0.2, 0.25) is 0 Å². The van der Waals surface area contributed by atoms with Gasteiger partial charge in [-0.05, 0) is 34.6 Å². The molecular formula is C19H30N4O7. The van der Waals surface area contributed by atoms with Crippen LogP contribution in [0.4, 0.5) is 9.59 Å². The van der Waals surface area contributed by atoms with E-state index in [9.17, 15) is 24.3 Å². The van der Waals surface area contributed by atoms with Gasteiger partial charge < -0.3 is 24.4 Å². The molecule has 4 heterocycles. The van der Waals surface area contributed by atoms with Crippen molar-refractivity contribution in [3.63, 3.8) is 0 Å². The summed E-state index contributed by atoms with van der Waals surface area (Å²) >= 11 is 0. The predicted molar refractivity (Wildman–Crippen MR) is 103 cm³/mol. The van der Waals surface area contributed by atoms with E-state index in [1.165, 1.54) is 9.80 Å². The van der Waals surface area contributed by atoms with Gasteiger partial charge in [0.25, 0.3) is 11.8 Å². The number of epoxide rings is 2. The molecule has 4 aliphatic heterocycles. The summed E-state index contributed by atoms with van der Waals surface area (Å²) < 4.78 is 10.1. The van der Waals surface area contributed by atoms with Gasteiger partial charge in [-0.25, -0.2) is 9.59 Å². The fraction of sp³-hybridized carbons (Fsp3) is 0.789. The number of β-amino-alcohol motifs (C(OH)–C–C–N with tert-alkyl or cyclic N) is 1. The summed E-state index contributed by atoms with van der Waals surface area (Å²) in [7, 11) is 0. The van der Waals surface area contributed by atoms with Crippen LogP contribution in [0.2, 0.25) is 0 Å². The van der Waals surface area contributed by atoms with E-state index in [-0.39, 0.29) is 42.6 Å². The number of hydrogen-bond acceptors (Lipinski definition) is 7. The molecule has 11 nitrogen and oxygen atoms in total. The van der Waals surface area contributed by atoms with Crippen LogP contribution in [0, 0.1) is 0 Å². The third kappa shape index (κ3) is 4.42. The van der Waals surface area contributed by atoms with E-state index < -0.39 is 17.2 Å². The number of carbonyl (C=O) groups is 4. The average Bonchev–Trinajstić information content (AvgIpc) is 3.54. The Morgan fingerprint density at radius 3 is 1.90 bits per heavy atom. The molecule has 4 saturated heterocycles. The lowest BCUT2D eigenvalue weighted by atomic mass is 10.0. The molecule has 0 bridgehead atoms. The first-order valence-corrected chi connectivity index (χ1v) is 10.0. The molecule has 4 rings (SSSR count). The van der Waals surface area contributed by atoms with Crippen LogP contribution in [-0.4, -0.2) is 106 Å². The monoisotopic (exact) mass is 426 g/mol. The Morgan fingerprint density at radius 2 is 1.50 bits per heavy atom. The van der Waals surface area contributed by atoms with Crippen LogP contribution in [0.15, 0.2) is 0 Å². The Balaban J connectivity index is 0.000000177. The van der Waals surface area contributed by atoms with Crippen molar-refractivity contribution in [2.24, 2.45) is 0 Å². The van der Waals surface area contributed by atoms with Crippen LogP contribution in [0.25, 0.3) is 0 Å². The largest absolute Gasteiger partial charge is 0.392 e. The van der Waals surface area contributed by atoms with Crippen molar-refractivity contribution in [2.45, 2.75) is 64.0 Å². The first-order chi connectivity index (χ1) is 13.9. The number of nitrogens with zero attached hydrogens (tertiary/aromatic N) is 3. The normalized spacial score (nSPS) is 29.6. The summed E-state index contributed by atoms with van der Waals surface area (Å²) in [5.74, 6) is -0.498. The molecule has 6 amide bonds. The Kier molecular flexibility index (Phi) is 5.82.